The zero-order chi connectivity index (χ0) is 27.3. The normalized spacial score (nSPS) is 12.5. The van der Waals surface area contributed by atoms with Crippen LogP contribution in [0.1, 0.15) is 73.1 Å². The van der Waals surface area contributed by atoms with Gasteiger partial charge >= 0.3 is 11.9 Å². The van der Waals surface area contributed by atoms with E-state index in [1.807, 2.05) is 48.5 Å². The van der Waals surface area contributed by atoms with E-state index in [1.165, 1.54) is 0 Å². The van der Waals surface area contributed by atoms with E-state index in [0.29, 0.717) is 11.1 Å². The third kappa shape index (κ3) is 9.18. The zero-order valence-electron chi connectivity index (χ0n) is 22.1. The van der Waals surface area contributed by atoms with E-state index in [2.05, 4.69) is 13.8 Å². The smallest absolute Gasteiger partial charge is 0.338 e. The van der Waals surface area contributed by atoms with Crippen LogP contribution in [0.3, 0.4) is 0 Å². The van der Waals surface area contributed by atoms with Crippen LogP contribution in [0.25, 0.3) is 22.3 Å². The third-order valence-corrected chi connectivity index (χ3v) is 7.01. The van der Waals surface area contributed by atoms with Crippen LogP contribution in [0.4, 0.5) is 0 Å². The SMILES string of the molecule is CCCCC(Cl)COC(=O)c1ccc(-c2ccc(-c3ccc(C(=O)OCC(Cl)CCCC)cc3)cc2)cc1. The molecule has 0 radical (unpaired) electrons. The van der Waals surface area contributed by atoms with Gasteiger partial charge in [0.2, 0.25) is 0 Å². The molecule has 0 amide bonds. The monoisotopic (exact) mass is 554 g/mol. The number of esters is 2. The lowest BCUT2D eigenvalue weighted by molar-refractivity contribution is 0.0492. The van der Waals surface area contributed by atoms with Crippen molar-refractivity contribution in [2.45, 2.75) is 63.1 Å². The summed E-state index contributed by atoms with van der Waals surface area (Å²) in [5.41, 5.74) is 5.08. The summed E-state index contributed by atoms with van der Waals surface area (Å²) in [7, 11) is 0. The summed E-state index contributed by atoms with van der Waals surface area (Å²) in [6.45, 7) is 4.65. The Kier molecular flexibility index (Phi) is 12.2. The Labute approximate surface area is 236 Å². The van der Waals surface area contributed by atoms with Gasteiger partial charge in [0.25, 0.3) is 0 Å². The fourth-order valence-corrected chi connectivity index (χ4v) is 4.40. The van der Waals surface area contributed by atoms with Crippen molar-refractivity contribution in [3.05, 3.63) is 83.9 Å². The minimum absolute atomic E-state index is 0.152. The van der Waals surface area contributed by atoms with Gasteiger partial charge in [0.05, 0.1) is 21.9 Å². The predicted octanol–water partition coefficient (Wildman–Crippen LogP) is 8.93. The lowest BCUT2D eigenvalue weighted by atomic mass is 9.99. The quantitative estimate of drug-likeness (QED) is 0.147. The van der Waals surface area contributed by atoms with Gasteiger partial charge < -0.3 is 9.47 Å². The summed E-state index contributed by atoms with van der Waals surface area (Å²) in [6, 6.07) is 22.9. The Morgan fingerprint density at radius 2 is 0.868 bits per heavy atom. The largest absolute Gasteiger partial charge is 0.461 e. The zero-order valence-corrected chi connectivity index (χ0v) is 23.6. The molecule has 0 fully saturated rings. The Morgan fingerprint density at radius 1 is 0.579 bits per heavy atom. The number of carbonyl (C=O) groups excluding carboxylic acids is 2. The van der Waals surface area contributed by atoms with Crippen molar-refractivity contribution in [1.82, 2.24) is 0 Å². The van der Waals surface area contributed by atoms with E-state index >= 15 is 0 Å². The van der Waals surface area contributed by atoms with Crippen LogP contribution in [-0.4, -0.2) is 35.9 Å². The molecule has 0 spiro atoms. The van der Waals surface area contributed by atoms with Gasteiger partial charge in [0, 0.05) is 0 Å². The van der Waals surface area contributed by atoms with Crippen LogP contribution in [0, 0.1) is 0 Å². The van der Waals surface area contributed by atoms with Crippen LogP contribution in [-0.2, 0) is 9.47 Å². The lowest BCUT2D eigenvalue weighted by Crippen LogP contribution is -2.14. The molecule has 2 atom stereocenters. The van der Waals surface area contributed by atoms with E-state index in [4.69, 9.17) is 32.7 Å². The first-order valence-corrected chi connectivity index (χ1v) is 14.2. The summed E-state index contributed by atoms with van der Waals surface area (Å²) in [4.78, 5) is 24.7. The molecule has 0 heterocycles. The lowest BCUT2D eigenvalue weighted by Gasteiger charge is -2.11. The fraction of sp³-hybridized carbons (Fsp3) is 0.375. The standard InChI is InChI=1S/C32H36Cl2O4/c1-3-5-7-29(33)21-37-31(35)27-17-13-25(14-18-27)23-9-11-24(12-10-23)26-15-19-28(20-16-26)32(36)38-22-30(34)8-6-4-2/h9-20,29-30H,3-8,21-22H2,1-2H3. The molecule has 0 saturated carbocycles. The molecule has 2 unspecified atom stereocenters. The molecule has 0 aliphatic rings. The molecule has 0 aliphatic carbocycles. The third-order valence-electron chi connectivity index (χ3n) is 6.33. The molecule has 0 aliphatic heterocycles. The van der Waals surface area contributed by atoms with E-state index in [1.54, 1.807) is 24.3 Å². The topological polar surface area (TPSA) is 52.6 Å². The number of ether oxygens (including phenoxy) is 2. The minimum atomic E-state index is -0.361. The minimum Gasteiger partial charge on any atom is -0.461 e. The molecule has 3 rings (SSSR count). The van der Waals surface area contributed by atoms with Gasteiger partial charge in [-0.2, -0.15) is 0 Å². The van der Waals surface area contributed by atoms with Gasteiger partial charge in [-0.15, -0.1) is 23.2 Å². The second kappa shape index (κ2) is 15.6. The van der Waals surface area contributed by atoms with E-state index in [-0.39, 0.29) is 35.9 Å². The van der Waals surface area contributed by atoms with Crippen molar-refractivity contribution in [3.63, 3.8) is 0 Å². The number of rotatable bonds is 14. The first-order valence-electron chi connectivity index (χ1n) is 13.3. The fourth-order valence-electron chi connectivity index (χ4n) is 3.97. The molecule has 3 aromatic carbocycles. The van der Waals surface area contributed by atoms with Crippen LogP contribution < -0.4 is 0 Å². The highest BCUT2D eigenvalue weighted by Crippen LogP contribution is 2.26. The molecular formula is C32H36Cl2O4. The molecule has 38 heavy (non-hydrogen) atoms. The molecule has 0 aromatic heterocycles. The van der Waals surface area contributed by atoms with Crippen molar-refractivity contribution in [1.29, 1.82) is 0 Å². The molecule has 3 aromatic rings. The molecule has 0 saturated heterocycles. The summed E-state index contributed by atoms with van der Waals surface area (Å²) in [5, 5.41) is -0.304. The van der Waals surface area contributed by atoms with Crippen molar-refractivity contribution >= 4 is 35.1 Å². The Hall–Kier alpha value is -2.82. The number of alkyl halides is 2. The van der Waals surface area contributed by atoms with Crippen LogP contribution >= 0.6 is 23.2 Å². The maximum Gasteiger partial charge on any atom is 0.338 e. The number of hydrogen-bond acceptors (Lipinski definition) is 4. The highest BCUT2D eigenvalue weighted by molar-refractivity contribution is 6.21. The van der Waals surface area contributed by atoms with Gasteiger partial charge in [-0.3, -0.25) is 0 Å². The van der Waals surface area contributed by atoms with Crippen molar-refractivity contribution in [2.24, 2.45) is 0 Å². The molecule has 4 nitrogen and oxygen atoms in total. The van der Waals surface area contributed by atoms with Crippen LogP contribution in [0.5, 0.6) is 0 Å². The van der Waals surface area contributed by atoms with Gasteiger partial charge in [0.15, 0.2) is 0 Å². The summed E-state index contributed by atoms with van der Waals surface area (Å²) in [5.74, 6) is -0.722. The van der Waals surface area contributed by atoms with E-state index < -0.39 is 0 Å². The average molecular weight is 556 g/mol. The molecule has 202 valence electrons. The maximum atomic E-state index is 12.3. The Morgan fingerprint density at radius 3 is 1.16 bits per heavy atom. The van der Waals surface area contributed by atoms with Gasteiger partial charge in [0.1, 0.15) is 13.2 Å². The molecule has 0 bridgehead atoms. The predicted molar refractivity (Wildman–Crippen MR) is 156 cm³/mol. The molecular weight excluding hydrogens is 519 g/mol. The number of carbonyl (C=O) groups is 2. The van der Waals surface area contributed by atoms with Crippen molar-refractivity contribution in [2.75, 3.05) is 13.2 Å². The van der Waals surface area contributed by atoms with Gasteiger partial charge in [-0.1, -0.05) is 88.1 Å². The van der Waals surface area contributed by atoms with Gasteiger partial charge in [-0.25, -0.2) is 9.59 Å². The Balaban J connectivity index is 1.55. The second-order valence-corrected chi connectivity index (χ2v) is 10.6. The summed E-state index contributed by atoms with van der Waals surface area (Å²) >= 11 is 12.4. The number of benzene rings is 3. The summed E-state index contributed by atoms with van der Waals surface area (Å²) in [6.07, 6.45) is 5.85. The second-order valence-electron chi connectivity index (χ2n) is 9.41. The maximum absolute atomic E-state index is 12.3. The number of hydrogen-bond donors (Lipinski definition) is 0. The van der Waals surface area contributed by atoms with Gasteiger partial charge in [-0.05, 0) is 59.4 Å². The van der Waals surface area contributed by atoms with Crippen molar-refractivity contribution in [3.8, 4) is 22.3 Å². The highest BCUT2D eigenvalue weighted by atomic mass is 35.5. The molecule has 0 N–H and O–H groups in total. The summed E-state index contributed by atoms with van der Waals surface area (Å²) < 4.78 is 10.7. The van der Waals surface area contributed by atoms with E-state index in [9.17, 15) is 9.59 Å². The van der Waals surface area contributed by atoms with Crippen molar-refractivity contribution < 1.29 is 19.1 Å². The van der Waals surface area contributed by atoms with E-state index in [0.717, 1.165) is 60.8 Å². The van der Waals surface area contributed by atoms with Crippen LogP contribution in [0.15, 0.2) is 72.8 Å². The molecule has 6 heteroatoms. The number of halogens is 2. The average Bonchev–Trinajstić information content (AvgIpc) is 2.96. The Bertz CT molecular complexity index is 1050. The first kappa shape index (κ1) is 29.7. The first-order chi connectivity index (χ1) is 18.4. The highest BCUT2D eigenvalue weighted by Gasteiger charge is 2.13. The number of unbranched alkanes of at least 4 members (excludes halogenated alkanes) is 2. The van der Waals surface area contributed by atoms with Crippen LogP contribution in [0.2, 0.25) is 0 Å².